The molecular weight excluding hydrogens is 466 g/mol. The highest BCUT2D eigenvalue weighted by atomic mass is 16.7. The van der Waals surface area contributed by atoms with Crippen molar-refractivity contribution >= 4 is 29.7 Å². The molecule has 1 aliphatic heterocycles. The Kier molecular flexibility index (Phi) is 13.8. The first kappa shape index (κ1) is 30.3. The van der Waals surface area contributed by atoms with Crippen molar-refractivity contribution in [2.75, 3.05) is 26.3 Å². The van der Waals surface area contributed by atoms with Crippen LogP contribution in [0.5, 0.6) is 0 Å². The lowest BCUT2D eigenvalue weighted by Crippen LogP contribution is -2.66. The fraction of sp³-hybridized carbons (Fsp3) is 0.773. The summed E-state index contributed by atoms with van der Waals surface area (Å²) in [5.41, 5.74) is 5.23. The number of carbonyl (C=O) groups is 5. The molecule has 5 atom stereocenters. The molecule has 0 aromatic rings. The van der Waals surface area contributed by atoms with Crippen LogP contribution in [0, 0.1) is 0 Å². The third-order valence-corrected chi connectivity index (χ3v) is 4.93. The van der Waals surface area contributed by atoms with Crippen molar-refractivity contribution in [3.05, 3.63) is 0 Å². The van der Waals surface area contributed by atoms with E-state index in [4.69, 9.17) is 29.4 Å². The van der Waals surface area contributed by atoms with Gasteiger partial charge in [0.2, 0.25) is 11.8 Å². The average Bonchev–Trinajstić information content (AvgIpc) is 2.76. The summed E-state index contributed by atoms with van der Waals surface area (Å²) >= 11 is 0. The fourth-order valence-electron chi connectivity index (χ4n) is 3.51. The van der Waals surface area contributed by atoms with Crippen LogP contribution in [0.3, 0.4) is 0 Å². The SMILES string of the molecule is CC(=O)NC1[C@H](OCCCCCCNC(=O)CN)OC(COC(C)=O)[C@H](OC(C)=O)[C@@H]1OC(C)=O. The molecule has 0 aromatic carbocycles. The van der Waals surface area contributed by atoms with E-state index in [9.17, 15) is 24.0 Å². The lowest BCUT2D eigenvalue weighted by molar-refractivity contribution is -0.277. The molecule has 13 heteroatoms. The van der Waals surface area contributed by atoms with E-state index in [0.29, 0.717) is 13.0 Å². The summed E-state index contributed by atoms with van der Waals surface area (Å²) in [6.45, 7) is 5.29. The van der Waals surface area contributed by atoms with Gasteiger partial charge in [-0.1, -0.05) is 12.8 Å². The molecule has 1 saturated heterocycles. The number of unbranched alkanes of at least 4 members (excludes halogenated alkanes) is 3. The normalized spacial score (nSPS) is 23.6. The van der Waals surface area contributed by atoms with Crippen molar-refractivity contribution in [1.29, 1.82) is 0 Å². The van der Waals surface area contributed by atoms with Gasteiger partial charge in [0.1, 0.15) is 18.8 Å². The standard InChI is InChI=1S/C22H37N3O10/c1-13(26)25-19-21(34-16(4)29)20(33-15(3)28)17(12-32-14(2)27)35-22(19)31-10-8-6-5-7-9-24-18(30)11-23/h17,19-22H,5-12,23H2,1-4H3,(H,24,30)(H,25,26)/t17?,19?,20-,21+,22+/m0/s1. The number of carbonyl (C=O) groups excluding carboxylic acids is 5. The highest BCUT2D eigenvalue weighted by Gasteiger charge is 2.51. The molecular formula is C22H37N3O10. The van der Waals surface area contributed by atoms with E-state index >= 15 is 0 Å². The average molecular weight is 504 g/mol. The summed E-state index contributed by atoms with van der Waals surface area (Å²) in [5, 5.41) is 5.34. The maximum atomic E-state index is 11.9. The quantitative estimate of drug-likeness (QED) is 0.155. The molecule has 0 radical (unpaired) electrons. The number of nitrogens with two attached hydrogens (primary N) is 1. The zero-order valence-corrected chi connectivity index (χ0v) is 20.7. The molecule has 35 heavy (non-hydrogen) atoms. The number of nitrogens with one attached hydrogen (secondary N) is 2. The molecule has 0 spiro atoms. The van der Waals surface area contributed by atoms with E-state index in [-0.39, 0.29) is 25.7 Å². The second-order valence-electron chi connectivity index (χ2n) is 8.06. The van der Waals surface area contributed by atoms with Gasteiger partial charge in [-0.3, -0.25) is 24.0 Å². The first-order chi connectivity index (χ1) is 16.5. The molecule has 1 fully saturated rings. The third kappa shape index (κ3) is 12.0. The zero-order chi connectivity index (χ0) is 26.4. The molecule has 2 unspecified atom stereocenters. The minimum Gasteiger partial charge on any atom is -0.463 e. The summed E-state index contributed by atoms with van der Waals surface area (Å²) in [7, 11) is 0. The molecule has 1 rings (SSSR count). The predicted molar refractivity (Wildman–Crippen MR) is 120 cm³/mol. The molecule has 1 heterocycles. The lowest BCUT2D eigenvalue weighted by Gasteiger charge is -2.44. The number of hydrogen-bond donors (Lipinski definition) is 3. The van der Waals surface area contributed by atoms with E-state index < -0.39 is 54.5 Å². The second-order valence-corrected chi connectivity index (χ2v) is 8.06. The number of ether oxygens (including phenoxy) is 5. The molecule has 1 aliphatic rings. The Morgan fingerprint density at radius 2 is 1.49 bits per heavy atom. The van der Waals surface area contributed by atoms with E-state index in [1.807, 2.05) is 0 Å². The van der Waals surface area contributed by atoms with Gasteiger partial charge in [0.05, 0.1) is 6.54 Å². The van der Waals surface area contributed by atoms with Crippen molar-refractivity contribution in [3.8, 4) is 0 Å². The topological polar surface area (TPSA) is 182 Å². The fourth-order valence-corrected chi connectivity index (χ4v) is 3.51. The van der Waals surface area contributed by atoms with Crippen molar-refractivity contribution in [2.45, 2.75) is 84.0 Å². The van der Waals surface area contributed by atoms with Gasteiger partial charge in [-0.2, -0.15) is 0 Å². The van der Waals surface area contributed by atoms with Crippen molar-refractivity contribution in [2.24, 2.45) is 5.73 Å². The number of rotatable bonds is 14. The van der Waals surface area contributed by atoms with Gasteiger partial charge in [-0.25, -0.2) is 0 Å². The van der Waals surface area contributed by atoms with Gasteiger partial charge < -0.3 is 40.1 Å². The largest absolute Gasteiger partial charge is 0.463 e. The van der Waals surface area contributed by atoms with Crippen LogP contribution in [0.1, 0.15) is 53.4 Å². The maximum Gasteiger partial charge on any atom is 0.303 e. The van der Waals surface area contributed by atoms with E-state index in [2.05, 4.69) is 10.6 Å². The Morgan fingerprint density at radius 3 is 2.06 bits per heavy atom. The Balaban J connectivity index is 2.87. The summed E-state index contributed by atoms with van der Waals surface area (Å²) < 4.78 is 27.6. The number of amides is 2. The molecule has 4 N–H and O–H groups in total. The number of esters is 3. The first-order valence-corrected chi connectivity index (χ1v) is 11.5. The summed E-state index contributed by atoms with van der Waals surface area (Å²) in [6, 6.07) is -0.985. The van der Waals surface area contributed by atoms with Crippen LogP contribution in [0.2, 0.25) is 0 Å². The van der Waals surface area contributed by atoms with Gasteiger partial charge in [0, 0.05) is 40.8 Å². The van der Waals surface area contributed by atoms with Crippen LogP contribution in [0.4, 0.5) is 0 Å². The third-order valence-electron chi connectivity index (χ3n) is 4.93. The van der Waals surface area contributed by atoms with E-state index in [1.165, 1.54) is 27.7 Å². The first-order valence-electron chi connectivity index (χ1n) is 11.5. The highest BCUT2D eigenvalue weighted by molar-refractivity contribution is 5.77. The molecule has 13 nitrogen and oxygen atoms in total. The zero-order valence-electron chi connectivity index (χ0n) is 20.7. The Labute approximate surface area is 204 Å². The van der Waals surface area contributed by atoms with E-state index in [0.717, 1.165) is 19.3 Å². The molecule has 0 aromatic heterocycles. The van der Waals surface area contributed by atoms with Gasteiger partial charge in [-0.15, -0.1) is 0 Å². The molecule has 0 aliphatic carbocycles. The second kappa shape index (κ2) is 16.0. The summed E-state index contributed by atoms with van der Waals surface area (Å²) in [4.78, 5) is 57.9. The van der Waals surface area contributed by atoms with E-state index in [1.54, 1.807) is 0 Å². The van der Waals surface area contributed by atoms with Gasteiger partial charge in [-0.05, 0) is 12.8 Å². The maximum absolute atomic E-state index is 11.9. The predicted octanol–water partition coefficient (Wildman–Crippen LogP) is -0.706. The Morgan fingerprint density at radius 1 is 0.857 bits per heavy atom. The Bertz CT molecular complexity index is 732. The van der Waals surface area contributed by atoms with Crippen LogP contribution in [-0.2, 0) is 47.7 Å². The summed E-state index contributed by atoms with van der Waals surface area (Å²) in [5.74, 6) is -2.57. The van der Waals surface area contributed by atoms with Crippen molar-refractivity contribution in [3.63, 3.8) is 0 Å². The minimum absolute atomic E-state index is 0.0458. The van der Waals surface area contributed by atoms with Crippen LogP contribution in [0.15, 0.2) is 0 Å². The van der Waals surface area contributed by atoms with Gasteiger partial charge in [0.25, 0.3) is 0 Å². The molecule has 200 valence electrons. The lowest BCUT2D eigenvalue weighted by atomic mass is 9.96. The van der Waals surface area contributed by atoms with Crippen molar-refractivity contribution in [1.82, 2.24) is 10.6 Å². The molecule has 0 saturated carbocycles. The van der Waals surface area contributed by atoms with Gasteiger partial charge in [0.15, 0.2) is 18.5 Å². The Hall–Kier alpha value is -2.77. The van der Waals surface area contributed by atoms with Gasteiger partial charge >= 0.3 is 17.9 Å². The van der Waals surface area contributed by atoms with Crippen molar-refractivity contribution < 1.29 is 47.7 Å². The number of hydrogen-bond acceptors (Lipinski definition) is 11. The summed E-state index contributed by atoms with van der Waals surface area (Å²) in [6.07, 6.45) is -1.30. The van der Waals surface area contributed by atoms with Crippen LogP contribution >= 0.6 is 0 Å². The van der Waals surface area contributed by atoms with Crippen LogP contribution in [-0.4, -0.2) is 86.7 Å². The monoisotopic (exact) mass is 503 g/mol. The smallest absolute Gasteiger partial charge is 0.303 e. The molecule has 0 bridgehead atoms. The van der Waals surface area contributed by atoms with Crippen LogP contribution in [0.25, 0.3) is 0 Å². The molecule has 2 amide bonds. The minimum atomic E-state index is -1.16. The highest BCUT2D eigenvalue weighted by Crippen LogP contribution is 2.28. The van der Waals surface area contributed by atoms with Crippen LogP contribution < -0.4 is 16.4 Å².